The monoisotopic (exact) mass is 426 g/mol. The molecule has 0 bridgehead atoms. The van der Waals surface area contributed by atoms with E-state index in [9.17, 15) is 4.79 Å². The van der Waals surface area contributed by atoms with Crippen molar-refractivity contribution in [3.05, 3.63) is 108 Å². The molecule has 3 aromatic carbocycles. The predicted octanol–water partition coefficient (Wildman–Crippen LogP) is 4.69. The normalized spacial score (nSPS) is 11.8. The van der Waals surface area contributed by atoms with Crippen LogP contribution in [0.2, 0.25) is 0 Å². The van der Waals surface area contributed by atoms with Crippen molar-refractivity contribution in [3.8, 4) is 11.4 Å². The van der Waals surface area contributed by atoms with E-state index in [4.69, 9.17) is 4.74 Å². The van der Waals surface area contributed by atoms with Crippen LogP contribution in [-0.2, 0) is 11.3 Å². The van der Waals surface area contributed by atoms with Crippen molar-refractivity contribution in [1.82, 2.24) is 14.7 Å². The maximum absolute atomic E-state index is 13.4. The highest BCUT2D eigenvalue weighted by molar-refractivity contribution is 5.95. The summed E-state index contributed by atoms with van der Waals surface area (Å²) >= 11 is 0. The number of nitrogens with one attached hydrogen (secondary N) is 1. The number of carbonyl (C=O) groups excluding carboxylic acids is 1. The van der Waals surface area contributed by atoms with Crippen LogP contribution in [0.5, 0.6) is 5.75 Å². The lowest BCUT2D eigenvalue weighted by Crippen LogP contribution is -2.34. The Kier molecular flexibility index (Phi) is 6.63. The molecule has 1 amide bonds. The highest BCUT2D eigenvalue weighted by Crippen LogP contribution is 2.25. The van der Waals surface area contributed by atoms with Gasteiger partial charge in [-0.25, -0.2) is 4.68 Å². The molecule has 0 spiro atoms. The van der Waals surface area contributed by atoms with Crippen LogP contribution in [-0.4, -0.2) is 34.7 Å². The number of hydrogen-bond donors (Lipinski definition) is 1. The Bertz CT molecular complexity index is 1160. The lowest BCUT2D eigenvalue weighted by molar-refractivity contribution is -0.121. The molecule has 162 valence electrons. The molecule has 1 atom stereocenters. The molecule has 0 aliphatic heterocycles. The number of carbonyl (C=O) groups is 1. The second-order valence-corrected chi connectivity index (χ2v) is 7.58. The summed E-state index contributed by atoms with van der Waals surface area (Å²) in [6.07, 6.45) is 3.83. The highest BCUT2D eigenvalue weighted by Gasteiger charge is 2.26. The standard InChI is InChI=1S/C26H26N4O2/c1-29(18-20-17-27-30(19-20)23-13-7-4-8-14-23)25(21-10-5-3-6-11-21)26(31)28-22-12-9-15-24(16-22)32-2/h3-17,19,25H,18H2,1-2H3,(H,28,31)/t25-/m0/s1. The zero-order chi connectivity index (χ0) is 22.3. The van der Waals surface area contributed by atoms with Crippen molar-refractivity contribution in [2.75, 3.05) is 19.5 Å². The van der Waals surface area contributed by atoms with Gasteiger partial charge in [0.05, 0.1) is 19.0 Å². The van der Waals surface area contributed by atoms with E-state index in [-0.39, 0.29) is 5.91 Å². The number of rotatable bonds is 8. The molecule has 4 aromatic rings. The maximum atomic E-state index is 13.4. The lowest BCUT2D eigenvalue weighted by atomic mass is 10.0. The minimum absolute atomic E-state index is 0.109. The summed E-state index contributed by atoms with van der Waals surface area (Å²) in [6, 6.07) is 26.6. The average molecular weight is 427 g/mol. The number of likely N-dealkylation sites (N-methyl/N-ethyl adjacent to an activating group) is 1. The number of nitrogens with zero attached hydrogens (tertiary/aromatic N) is 3. The van der Waals surface area contributed by atoms with Gasteiger partial charge in [0.15, 0.2) is 0 Å². The minimum Gasteiger partial charge on any atom is -0.497 e. The first-order chi connectivity index (χ1) is 15.6. The van der Waals surface area contributed by atoms with Gasteiger partial charge in [0.2, 0.25) is 5.91 Å². The molecule has 0 aliphatic rings. The number of methoxy groups -OCH3 is 1. The summed E-state index contributed by atoms with van der Waals surface area (Å²) in [5.41, 5.74) is 3.63. The summed E-state index contributed by atoms with van der Waals surface area (Å²) in [6.45, 7) is 0.567. The number of benzene rings is 3. The second-order valence-electron chi connectivity index (χ2n) is 7.58. The summed E-state index contributed by atoms with van der Waals surface area (Å²) in [7, 11) is 3.56. The fourth-order valence-corrected chi connectivity index (χ4v) is 3.70. The Labute approximate surface area is 188 Å². The third kappa shape index (κ3) is 5.04. The van der Waals surface area contributed by atoms with Crippen molar-refractivity contribution in [2.24, 2.45) is 0 Å². The summed E-state index contributed by atoms with van der Waals surface area (Å²) in [4.78, 5) is 15.4. The van der Waals surface area contributed by atoms with Crippen LogP contribution < -0.4 is 10.1 Å². The van der Waals surface area contributed by atoms with Crippen molar-refractivity contribution in [3.63, 3.8) is 0 Å². The van der Waals surface area contributed by atoms with Gasteiger partial charge in [-0.2, -0.15) is 5.10 Å². The molecule has 32 heavy (non-hydrogen) atoms. The average Bonchev–Trinajstić information content (AvgIpc) is 3.29. The highest BCUT2D eigenvalue weighted by atomic mass is 16.5. The number of hydrogen-bond acceptors (Lipinski definition) is 4. The van der Waals surface area contributed by atoms with Gasteiger partial charge < -0.3 is 10.1 Å². The molecular formula is C26H26N4O2. The molecule has 4 rings (SSSR count). The predicted molar refractivity (Wildman–Crippen MR) is 126 cm³/mol. The van der Waals surface area contributed by atoms with E-state index >= 15 is 0 Å². The molecule has 1 N–H and O–H groups in total. The van der Waals surface area contributed by atoms with Gasteiger partial charge in [-0.1, -0.05) is 54.6 Å². The smallest absolute Gasteiger partial charge is 0.246 e. The van der Waals surface area contributed by atoms with E-state index in [0.717, 1.165) is 16.8 Å². The Morgan fingerprint density at radius 3 is 2.47 bits per heavy atom. The number of aromatic nitrogens is 2. The molecule has 0 fully saturated rings. The summed E-state index contributed by atoms with van der Waals surface area (Å²) in [5.74, 6) is 0.586. The third-order valence-electron chi connectivity index (χ3n) is 5.23. The number of anilines is 1. The first-order valence-corrected chi connectivity index (χ1v) is 10.4. The number of ether oxygens (including phenoxy) is 1. The number of para-hydroxylation sites is 1. The van der Waals surface area contributed by atoms with Crippen LogP contribution in [0.3, 0.4) is 0 Å². The molecule has 1 aromatic heterocycles. The molecule has 1 heterocycles. The van der Waals surface area contributed by atoms with E-state index in [2.05, 4.69) is 10.4 Å². The lowest BCUT2D eigenvalue weighted by Gasteiger charge is -2.27. The van der Waals surface area contributed by atoms with Crippen LogP contribution in [0.4, 0.5) is 5.69 Å². The van der Waals surface area contributed by atoms with Gasteiger partial charge in [0.1, 0.15) is 11.8 Å². The third-order valence-corrected chi connectivity index (χ3v) is 5.23. The van der Waals surface area contributed by atoms with Crippen LogP contribution in [0.1, 0.15) is 17.2 Å². The van der Waals surface area contributed by atoms with Crippen LogP contribution in [0.25, 0.3) is 5.69 Å². The van der Waals surface area contributed by atoms with Gasteiger partial charge in [0, 0.05) is 30.1 Å². The first-order valence-electron chi connectivity index (χ1n) is 10.4. The van der Waals surface area contributed by atoms with Gasteiger partial charge in [-0.15, -0.1) is 0 Å². The summed E-state index contributed by atoms with van der Waals surface area (Å²) in [5, 5.41) is 7.51. The van der Waals surface area contributed by atoms with Crippen molar-refractivity contribution >= 4 is 11.6 Å². The SMILES string of the molecule is COc1cccc(NC(=O)[C@H](c2ccccc2)N(C)Cc2cnn(-c3ccccc3)c2)c1. The van der Waals surface area contributed by atoms with E-state index in [1.54, 1.807) is 7.11 Å². The topological polar surface area (TPSA) is 59.4 Å². The Morgan fingerprint density at radius 1 is 1.03 bits per heavy atom. The Balaban J connectivity index is 1.55. The van der Waals surface area contributed by atoms with Crippen molar-refractivity contribution in [1.29, 1.82) is 0 Å². The van der Waals surface area contributed by atoms with E-state index < -0.39 is 6.04 Å². The first kappa shape index (κ1) is 21.3. The van der Waals surface area contributed by atoms with Crippen LogP contribution >= 0.6 is 0 Å². The molecule has 0 radical (unpaired) electrons. The zero-order valence-corrected chi connectivity index (χ0v) is 18.2. The largest absolute Gasteiger partial charge is 0.497 e. The number of amides is 1. The maximum Gasteiger partial charge on any atom is 0.246 e. The van der Waals surface area contributed by atoms with Crippen LogP contribution in [0, 0.1) is 0 Å². The minimum atomic E-state index is -0.470. The fourth-order valence-electron chi connectivity index (χ4n) is 3.70. The Morgan fingerprint density at radius 2 is 1.75 bits per heavy atom. The van der Waals surface area contributed by atoms with Crippen LogP contribution in [0.15, 0.2) is 97.3 Å². The van der Waals surface area contributed by atoms with Gasteiger partial charge in [-0.05, 0) is 36.9 Å². The molecule has 6 heteroatoms. The zero-order valence-electron chi connectivity index (χ0n) is 18.2. The molecule has 6 nitrogen and oxygen atoms in total. The molecule has 0 saturated carbocycles. The molecule has 0 saturated heterocycles. The Hall–Kier alpha value is -3.90. The van der Waals surface area contributed by atoms with Gasteiger partial charge in [0.25, 0.3) is 0 Å². The molecule has 0 aliphatic carbocycles. The van der Waals surface area contributed by atoms with Crippen molar-refractivity contribution in [2.45, 2.75) is 12.6 Å². The summed E-state index contributed by atoms with van der Waals surface area (Å²) < 4.78 is 7.12. The quantitative estimate of drug-likeness (QED) is 0.444. The molecular weight excluding hydrogens is 400 g/mol. The molecule has 0 unspecified atom stereocenters. The van der Waals surface area contributed by atoms with Gasteiger partial charge >= 0.3 is 0 Å². The second kappa shape index (κ2) is 9.94. The van der Waals surface area contributed by atoms with Crippen molar-refractivity contribution < 1.29 is 9.53 Å². The van der Waals surface area contributed by atoms with E-state index in [1.807, 2.05) is 114 Å². The van der Waals surface area contributed by atoms with E-state index in [0.29, 0.717) is 18.0 Å². The fraction of sp³-hybridized carbons (Fsp3) is 0.154. The van der Waals surface area contributed by atoms with E-state index in [1.165, 1.54) is 0 Å². The van der Waals surface area contributed by atoms with Gasteiger partial charge in [-0.3, -0.25) is 9.69 Å².